The molecule has 1 aliphatic carbocycles. The maximum absolute atomic E-state index is 4.89. The van der Waals surface area contributed by atoms with Crippen molar-refractivity contribution in [2.75, 3.05) is 0 Å². The molecule has 0 radical (unpaired) electrons. The molecule has 0 saturated carbocycles. The minimum Gasteiger partial charge on any atom is -0.357 e. The maximum atomic E-state index is 4.89. The second-order valence-electron chi connectivity index (χ2n) is 5.57. The van der Waals surface area contributed by atoms with Gasteiger partial charge in [0.15, 0.2) is 0 Å². The Morgan fingerprint density at radius 1 is 1.05 bits per heavy atom. The largest absolute Gasteiger partial charge is 0.357 e. The van der Waals surface area contributed by atoms with Gasteiger partial charge in [0.1, 0.15) is 0 Å². The third-order valence-corrected chi connectivity index (χ3v) is 3.85. The van der Waals surface area contributed by atoms with Crippen molar-refractivity contribution >= 4 is 5.71 Å². The molecule has 0 saturated heterocycles. The Morgan fingerprint density at radius 3 is 2.52 bits per heavy atom. The van der Waals surface area contributed by atoms with E-state index in [1.54, 1.807) is 0 Å². The minimum absolute atomic E-state index is 0.0476. The summed E-state index contributed by atoms with van der Waals surface area (Å²) >= 11 is 0. The first kappa shape index (κ1) is 13.6. The van der Waals surface area contributed by atoms with Gasteiger partial charge in [0.2, 0.25) is 0 Å². The van der Waals surface area contributed by atoms with Crippen LogP contribution in [0.1, 0.15) is 19.4 Å². The summed E-state index contributed by atoms with van der Waals surface area (Å²) in [5, 5.41) is 3.42. The van der Waals surface area contributed by atoms with Gasteiger partial charge in [-0.15, -0.1) is 0 Å². The lowest BCUT2D eigenvalue weighted by Crippen LogP contribution is -2.17. The van der Waals surface area contributed by atoms with E-state index >= 15 is 0 Å². The molecule has 2 nitrogen and oxygen atoms in total. The van der Waals surface area contributed by atoms with E-state index < -0.39 is 0 Å². The molecule has 2 heteroatoms. The third-order valence-electron chi connectivity index (χ3n) is 3.85. The molecule has 2 unspecified atom stereocenters. The van der Waals surface area contributed by atoms with Gasteiger partial charge in [0.25, 0.3) is 0 Å². The summed E-state index contributed by atoms with van der Waals surface area (Å²) < 4.78 is 0. The molecular formula is C19H20N2. The molecule has 3 rings (SSSR count). The van der Waals surface area contributed by atoms with Crippen LogP contribution in [0, 0.1) is 5.92 Å². The van der Waals surface area contributed by atoms with Crippen molar-refractivity contribution in [2.45, 2.75) is 19.9 Å². The highest BCUT2D eigenvalue weighted by molar-refractivity contribution is 6.15. The Bertz CT molecular complexity index is 675. The summed E-state index contributed by atoms with van der Waals surface area (Å²) in [5.41, 5.74) is 5.31. The van der Waals surface area contributed by atoms with Crippen molar-refractivity contribution in [1.82, 2.24) is 5.32 Å². The van der Waals surface area contributed by atoms with E-state index in [4.69, 9.17) is 4.99 Å². The van der Waals surface area contributed by atoms with Gasteiger partial charge in [0.05, 0.1) is 11.8 Å². The lowest BCUT2D eigenvalue weighted by atomic mass is 10.00. The van der Waals surface area contributed by atoms with E-state index in [1.165, 1.54) is 0 Å². The van der Waals surface area contributed by atoms with Gasteiger partial charge in [-0.25, -0.2) is 0 Å². The molecule has 1 aliphatic heterocycles. The zero-order valence-corrected chi connectivity index (χ0v) is 12.5. The molecule has 0 bridgehead atoms. The number of allylic oxidation sites excluding steroid dienone is 5. The molecule has 106 valence electrons. The highest BCUT2D eigenvalue weighted by atomic mass is 15.0. The average molecular weight is 276 g/mol. The predicted molar refractivity (Wildman–Crippen MR) is 89.2 cm³/mol. The molecule has 0 amide bonds. The molecule has 21 heavy (non-hydrogen) atoms. The molecule has 2 aliphatic rings. The molecule has 1 heterocycles. The van der Waals surface area contributed by atoms with Crippen LogP contribution in [0.15, 0.2) is 83.2 Å². The van der Waals surface area contributed by atoms with Crippen molar-refractivity contribution in [2.24, 2.45) is 10.9 Å². The van der Waals surface area contributed by atoms with Crippen LogP contribution in [0.2, 0.25) is 0 Å². The second kappa shape index (κ2) is 5.57. The normalized spacial score (nSPS) is 24.9. The van der Waals surface area contributed by atoms with Crippen LogP contribution in [0.5, 0.6) is 0 Å². The maximum Gasteiger partial charge on any atom is 0.0871 e. The predicted octanol–water partition coefficient (Wildman–Crippen LogP) is 4.00. The first-order chi connectivity index (χ1) is 10.1. The Balaban J connectivity index is 2.18. The summed E-state index contributed by atoms with van der Waals surface area (Å²) in [6, 6.07) is 10.4. The van der Waals surface area contributed by atoms with Crippen LogP contribution in [0.25, 0.3) is 0 Å². The standard InChI is InChI=1S/C19H20N2/c1-13-9-11-17-18(12-10-13)20-14(2)15(3)21-19(17)16-7-5-4-6-8-16/h4-13,15,20H,2H2,1,3H3. The third kappa shape index (κ3) is 2.75. The first-order valence-corrected chi connectivity index (χ1v) is 7.35. The van der Waals surface area contributed by atoms with Gasteiger partial charge >= 0.3 is 0 Å². The van der Waals surface area contributed by atoms with Crippen LogP contribution in [-0.2, 0) is 0 Å². The number of nitrogens with zero attached hydrogens (tertiary/aromatic N) is 1. The van der Waals surface area contributed by atoms with Gasteiger partial charge in [0, 0.05) is 22.5 Å². The van der Waals surface area contributed by atoms with Gasteiger partial charge in [-0.3, -0.25) is 4.99 Å². The Labute approximate surface area is 126 Å². The van der Waals surface area contributed by atoms with Crippen LogP contribution >= 0.6 is 0 Å². The van der Waals surface area contributed by atoms with Gasteiger partial charge in [-0.05, 0) is 18.9 Å². The number of aliphatic imine (C=N–C) groups is 1. The first-order valence-electron chi connectivity index (χ1n) is 7.35. The number of rotatable bonds is 1. The topological polar surface area (TPSA) is 24.4 Å². The fourth-order valence-electron chi connectivity index (χ4n) is 2.50. The number of hydrogen-bond donors (Lipinski definition) is 1. The van der Waals surface area contributed by atoms with Crippen molar-refractivity contribution in [3.8, 4) is 0 Å². The second-order valence-corrected chi connectivity index (χ2v) is 5.57. The minimum atomic E-state index is 0.0476. The van der Waals surface area contributed by atoms with E-state index in [-0.39, 0.29) is 6.04 Å². The van der Waals surface area contributed by atoms with E-state index in [9.17, 15) is 0 Å². The molecule has 1 aromatic carbocycles. The lowest BCUT2D eigenvalue weighted by Gasteiger charge is -2.11. The van der Waals surface area contributed by atoms with Gasteiger partial charge in [-0.1, -0.05) is 62.1 Å². The van der Waals surface area contributed by atoms with Crippen molar-refractivity contribution in [1.29, 1.82) is 0 Å². The summed E-state index contributed by atoms with van der Waals surface area (Å²) in [5.74, 6) is 0.418. The summed E-state index contributed by atoms with van der Waals surface area (Å²) in [7, 11) is 0. The van der Waals surface area contributed by atoms with Crippen LogP contribution in [-0.4, -0.2) is 11.8 Å². The van der Waals surface area contributed by atoms with Gasteiger partial charge in [-0.2, -0.15) is 0 Å². The van der Waals surface area contributed by atoms with Crippen LogP contribution < -0.4 is 5.32 Å². The Morgan fingerprint density at radius 2 is 1.76 bits per heavy atom. The van der Waals surface area contributed by atoms with Gasteiger partial charge < -0.3 is 5.32 Å². The molecule has 0 fully saturated rings. The van der Waals surface area contributed by atoms with Crippen LogP contribution in [0.3, 0.4) is 0 Å². The lowest BCUT2D eigenvalue weighted by molar-refractivity contribution is 0.796. The fraction of sp³-hybridized carbons (Fsp3) is 0.211. The molecule has 2 atom stereocenters. The fourth-order valence-corrected chi connectivity index (χ4v) is 2.50. The van der Waals surface area contributed by atoms with Crippen molar-refractivity contribution in [3.05, 3.63) is 83.7 Å². The summed E-state index contributed by atoms with van der Waals surface area (Å²) in [6.07, 6.45) is 8.71. The summed E-state index contributed by atoms with van der Waals surface area (Å²) in [4.78, 5) is 4.89. The van der Waals surface area contributed by atoms with Crippen molar-refractivity contribution < 1.29 is 0 Å². The molecule has 1 N–H and O–H groups in total. The molecule has 1 aromatic rings. The highest BCUT2D eigenvalue weighted by Crippen LogP contribution is 2.24. The van der Waals surface area contributed by atoms with Crippen LogP contribution in [0.4, 0.5) is 0 Å². The quantitative estimate of drug-likeness (QED) is 0.824. The SMILES string of the molecule is C=C1NC2=C(C=CC(C)C=C2)C(c2ccccc2)=NC1C. The van der Waals surface area contributed by atoms with E-state index in [0.29, 0.717) is 5.92 Å². The van der Waals surface area contributed by atoms with E-state index in [2.05, 4.69) is 74.3 Å². The number of benzene rings is 1. The number of hydrogen-bond acceptors (Lipinski definition) is 2. The zero-order valence-electron chi connectivity index (χ0n) is 12.5. The Kier molecular flexibility index (Phi) is 3.61. The molecule has 0 spiro atoms. The molecule has 0 aromatic heterocycles. The Hall–Kier alpha value is -2.35. The summed E-state index contributed by atoms with van der Waals surface area (Å²) in [6.45, 7) is 8.36. The average Bonchev–Trinajstić information content (AvgIpc) is 2.74. The van der Waals surface area contributed by atoms with Crippen molar-refractivity contribution in [3.63, 3.8) is 0 Å². The highest BCUT2D eigenvalue weighted by Gasteiger charge is 2.20. The molecular weight excluding hydrogens is 256 g/mol. The monoisotopic (exact) mass is 276 g/mol. The zero-order chi connectivity index (χ0) is 14.8. The van der Waals surface area contributed by atoms with E-state index in [0.717, 1.165) is 28.2 Å². The smallest absolute Gasteiger partial charge is 0.0871 e. The van der Waals surface area contributed by atoms with E-state index in [1.807, 2.05) is 6.07 Å². The number of nitrogens with one attached hydrogen (secondary N) is 1.